The molecule has 4 nitrogen and oxygen atoms in total. The predicted octanol–water partition coefficient (Wildman–Crippen LogP) is 2.82. The maximum atomic E-state index is 12.1. The number of ketones is 1. The first-order valence-electron chi connectivity index (χ1n) is 6.18. The number of hydrogen-bond acceptors (Lipinski definition) is 4. The first-order chi connectivity index (χ1) is 9.59. The number of esters is 1. The fraction of sp³-hybridized carbons (Fsp3) is 0.125. The molecule has 0 heterocycles. The third-order valence-electron chi connectivity index (χ3n) is 2.84. The Kier molecular flexibility index (Phi) is 4.15. The highest BCUT2D eigenvalue weighted by molar-refractivity contribution is 6.01. The second kappa shape index (κ2) is 6.02. The lowest BCUT2D eigenvalue weighted by Gasteiger charge is -2.12. The van der Waals surface area contributed by atoms with Crippen LogP contribution in [0.25, 0.3) is 0 Å². The fourth-order valence-electron chi connectivity index (χ4n) is 1.76. The molecule has 0 aliphatic carbocycles. The first kappa shape index (κ1) is 13.8. The van der Waals surface area contributed by atoms with Crippen molar-refractivity contribution in [3.63, 3.8) is 0 Å². The quantitative estimate of drug-likeness (QED) is 0.685. The van der Waals surface area contributed by atoms with E-state index in [1.165, 1.54) is 19.1 Å². The molecule has 0 fully saturated rings. The fourth-order valence-corrected chi connectivity index (χ4v) is 1.76. The Balaban J connectivity index is 2.09. The van der Waals surface area contributed by atoms with Crippen LogP contribution < -0.4 is 0 Å². The summed E-state index contributed by atoms with van der Waals surface area (Å²) in [5, 5.41) is 9.56. The van der Waals surface area contributed by atoms with Gasteiger partial charge in [-0.1, -0.05) is 42.5 Å². The number of rotatable bonds is 4. The van der Waals surface area contributed by atoms with Crippen molar-refractivity contribution in [2.45, 2.75) is 13.0 Å². The third-order valence-corrected chi connectivity index (χ3v) is 2.84. The van der Waals surface area contributed by atoms with Gasteiger partial charge < -0.3 is 9.84 Å². The van der Waals surface area contributed by atoms with Crippen molar-refractivity contribution in [1.82, 2.24) is 0 Å². The van der Waals surface area contributed by atoms with Crippen molar-refractivity contribution in [2.24, 2.45) is 0 Å². The molecule has 2 aromatic carbocycles. The molecule has 1 N–H and O–H groups in total. The standard InChI is InChI=1S/C16H14O4/c1-11(15(18)12-7-3-2-4-8-12)20-16(19)13-9-5-6-10-14(13)17/h2-11,17H,1H3. The van der Waals surface area contributed by atoms with Crippen LogP contribution in [0, 0.1) is 0 Å². The minimum absolute atomic E-state index is 0.0419. The van der Waals surface area contributed by atoms with Gasteiger partial charge in [-0.15, -0.1) is 0 Å². The second-order valence-electron chi connectivity index (χ2n) is 4.29. The molecule has 0 spiro atoms. The number of phenolic OH excluding ortho intramolecular Hbond substituents is 1. The lowest BCUT2D eigenvalue weighted by molar-refractivity contribution is 0.0316. The zero-order valence-corrected chi connectivity index (χ0v) is 10.9. The molecule has 0 aromatic heterocycles. The molecular weight excluding hydrogens is 256 g/mol. The highest BCUT2D eigenvalue weighted by Gasteiger charge is 2.21. The normalized spacial score (nSPS) is 11.7. The summed E-state index contributed by atoms with van der Waals surface area (Å²) >= 11 is 0. The molecular formula is C16H14O4. The average molecular weight is 270 g/mol. The Labute approximate surface area is 116 Å². The topological polar surface area (TPSA) is 63.6 Å². The van der Waals surface area contributed by atoms with Crippen molar-refractivity contribution >= 4 is 11.8 Å². The molecule has 2 aromatic rings. The minimum Gasteiger partial charge on any atom is -0.507 e. The number of carbonyl (C=O) groups excluding carboxylic acids is 2. The van der Waals surface area contributed by atoms with Gasteiger partial charge in [0.05, 0.1) is 0 Å². The summed E-state index contributed by atoms with van der Waals surface area (Å²) in [5.41, 5.74) is 0.519. The average Bonchev–Trinajstić information content (AvgIpc) is 2.47. The van der Waals surface area contributed by atoms with Crippen LogP contribution in [0.5, 0.6) is 5.75 Å². The van der Waals surface area contributed by atoms with Crippen molar-refractivity contribution in [3.8, 4) is 5.75 Å². The van der Waals surface area contributed by atoms with Crippen LogP contribution in [0.3, 0.4) is 0 Å². The number of carbonyl (C=O) groups is 2. The molecule has 0 radical (unpaired) electrons. The SMILES string of the molecule is CC(OC(=O)c1ccccc1O)C(=O)c1ccccc1. The molecule has 0 saturated heterocycles. The lowest BCUT2D eigenvalue weighted by atomic mass is 10.1. The highest BCUT2D eigenvalue weighted by atomic mass is 16.5. The number of hydrogen-bond donors (Lipinski definition) is 1. The Morgan fingerprint density at radius 3 is 2.25 bits per heavy atom. The molecule has 102 valence electrons. The van der Waals surface area contributed by atoms with E-state index in [1.807, 2.05) is 0 Å². The summed E-state index contributed by atoms with van der Waals surface area (Å²) in [6.07, 6.45) is -0.912. The Morgan fingerprint density at radius 1 is 1.00 bits per heavy atom. The molecule has 0 amide bonds. The van der Waals surface area contributed by atoms with E-state index in [0.717, 1.165) is 0 Å². The molecule has 0 saturated carbocycles. The second-order valence-corrected chi connectivity index (χ2v) is 4.29. The summed E-state index contributed by atoms with van der Waals surface area (Å²) in [5.74, 6) is -1.17. The zero-order valence-electron chi connectivity index (χ0n) is 10.9. The van der Waals surface area contributed by atoms with Crippen LogP contribution in [0.4, 0.5) is 0 Å². The maximum Gasteiger partial charge on any atom is 0.342 e. The number of Topliss-reactive ketones (excluding diaryl/α,β-unsaturated/α-hetero) is 1. The van der Waals surface area contributed by atoms with Gasteiger partial charge >= 0.3 is 5.97 Å². The minimum atomic E-state index is -0.912. The van der Waals surface area contributed by atoms with E-state index in [4.69, 9.17) is 4.74 Å². The maximum absolute atomic E-state index is 12.1. The van der Waals surface area contributed by atoms with Crippen molar-refractivity contribution in [1.29, 1.82) is 0 Å². The van der Waals surface area contributed by atoms with Gasteiger partial charge in [0.2, 0.25) is 5.78 Å². The summed E-state index contributed by atoms with van der Waals surface area (Å²) < 4.78 is 5.08. The number of phenols is 1. The van der Waals surface area contributed by atoms with Gasteiger partial charge in [0.1, 0.15) is 11.3 Å². The third kappa shape index (κ3) is 3.03. The van der Waals surface area contributed by atoms with E-state index in [-0.39, 0.29) is 17.1 Å². The van der Waals surface area contributed by atoms with Crippen LogP contribution in [-0.4, -0.2) is 23.0 Å². The highest BCUT2D eigenvalue weighted by Crippen LogP contribution is 2.18. The van der Waals surface area contributed by atoms with Gasteiger partial charge in [-0.2, -0.15) is 0 Å². The van der Waals surface area contributed by atoms with Gasteiger partial charge in [0, 0.05) is 5.56 Å². The van der Waals surface area contributed by atoms with Gasteiger partial charge in [-0.25, -0.2) is 4.79 Å². The van der Waals surface area contributed by atoms with Crippen LogP contribution in [0.1, 0.15) is 27.6 Å². The van der Waals surface area contributed by atoms with E-state index < -0.39 is 12.1 Å². The van der Waals surface area contributed by atoms with Gasteiger partial charge in [-0.3, -0.25) is 4.79 Å². The molecule has 0 aliphatic heterocycles. The molecule has 1 atom stereocenters. The van der Waals surface area contributed by atoms with Gasteiger partial charge in [-0.05, 0) is 19.1 Å². The smallest absolute Gasteiger partial charge is 0.342 e. The Morgan fingerprint density at radius 2 is 1.60 bits per heavy atom. The van der Waals surface area contributed by atoms with Crippen LogP contribution in [-0.2, 0) is 4.74 Å². The van der Waals surface area contributed by atoms with E-state index >= 15 is 0 Å². The molecule has 1 unspecified atom stereocenters. The van der Waals surface area contributed by atoms with Gasteiger partial charge in [0.15, 0.2) is 6.10 Å². The number of benzene rings is 2. The van der Waals surface area contributed by atoms with Crippen molar-refractivity contribution < 1.29 is 19.4 Å². The summed E-state index contributed by atoms with van der Waals surface area (Å²) in [4.78, 5) is 23.9. The lowest BCUT2D eigenvalue weighted by Crippen LogP contribution is -2.24. The summed E-state index contributed by atoms with van der Waals surface area (Å²) in [6.45, 7) is 1.51. The van der Waals surface area contributed by atoms with E-state index in [2.05, 4.69) is 0 Å². The van der Waals surface area contributed by atoms with E-state index in [9.17, 15) is 14.7 Å². The number of aromatic hydroxyl groups is 1. The molecule has 2 rings (SSSR count). The number of ether oxygens (including phenoxy) is 1. The molecule has 0 bridgehead atoms. The molecule has 20 heavy (non-hydrogen) atoms. The monoisotopic (exact) mass is 270 g/mol. The van der Waals surface area contributed by atoms with Gasteiger partial charge in [0.25, 0.3) is 0 Å². The predicted molar refractivity (Wildman–Crippen MR) is 73.8 cm³/mol. The first-order valence-corrected chi connectivity index (χ1v) is 6.18. The Bertz CT molecular complexity index is 619. The molecule has 0 aliphatic rings. The van der Waals surface area contributed by atoms with Crippen LogP contribution in [0.15, 0.2) is 54.6 Å². The largest absolute Gasteiger partial charge is 0.507 e. The van der Waals surface area contributed by atoms with Crippen molar-refractivity contribution in [3.05, 3.63) is 65.7 Å². The zero-order chi connectivity index (χ0) is 14.5. The van der Waals surface area contributed by atoms with Crippen molar-refractivity contribution in [2.75, 3.05) is 0 Å². The summed E-state index contributed by atoms with van der Waals surface area (Å²) in [7, 11) is 0. The van der Waals surface area contributed by atoms with E-state index in [0.29, 0.717) is 5.56 Å². The number of para-hydroxylation sites is 1. The van der Waals surface area contributed by atoms with Crippen LogP contribution >= 0.6 is 0 Å². The summed E-state index contributed by atoms with van der Waals surface area (Å²) in [6, 6.07) is 14.6. The van der Waals surface area contributed by atoms with Crippen LogP contribution in [0.2, 0.25) is 0 Å². The molecule has 4 heteroatoms. The Hall–Kier alpha value is -2.62. The van der Waals surface area contributed by atoms with E-state index in [1.54, 1.807) is 42.5 Å².